The molecular weight excluding hydrogens is 368 g/mol. The van der Waals surface area contributed by atoms with E-state index in [0.29, 0.717) is 36.0 Å². The third-order valence-electron chi connectivity index (χ3n) is 4.27. The molecule has 0 aliphatic rings. The normalized spacial score (nSPS) is 10.4. The highest BCUT2D eigenvalue weighted by Gasteiger charge is 2.12. The molecule has 150 valence electrons. The lowest BCUT2D eigenvalue weighted by atomic mass is 10.2. The van der Waals surface area contributed by atoms with E-state index in [0.717, 1.165) is 5.69 Å². The fraction of sp³-hybridized carbons (Fsp3) is 0.238. The van der Waals surface area contributed by atoms with Crippen LogP contribution < -0.4 is 15.5 Å². The maximum Gasteiger partial charge on any atom is 0.258 e. The van der Waals surface area contributed by atoms with Gasteiger partial charge in [-0.3, -0.25) is 9.78 Å². The van der Waals surface area contributed by atoms with Crippen LogP contribution in [-0.4, -0.2) is 48.2 Å². The molecule has 0 aliphatic carbocycles. The average molecular weight is 392 g/mol. The first-order valence-electron chi connectivity index (χ1n) is 9.18. The largest absolute Gasteiger partial charge is 0.383 e. The quantitative estimate of drug-likeness (QED) is 0.608. The molecule has 0 fully saturated rings. The van der Waals surface area contributed by atoms with Crippen LogP contribution in [0.25, 0.3) is 0 Å². The van der Waals surface area contributed by atoms with Crippen LogP contribution in [0.3, 0.4) is 0 Å². The highest BCUT2D eigenvalue weighted by atomic mass is 16.5. The zero-order valence-corrected chi connectivity index (χ0v) is 16.7. The smallest absolute Gasteiger partial charge is 0.258 e. The molecule has 3 rings (SSSR count). The lowest BCUT2D eigenvalue weighted by molar-refractivity contribution is 0.102. The molecule has 0 saturated carbocycles. The Balaban J connectivity index is 1.70. The summed E-state index contributed by atoms with van der Waals surface area (Å²) < 4.78 is 5.05. The Morgan fingerprint density at radius 1 is 1.07 bits per heavy atom. The van der Waals surface area contributed by atoms with Crippen molar-refractivity contribution in [2.45, 2.75) is 6.92 Å². The lowest BCUT2D eigenvalue weighted by Gasteiger charge is -2.16. The van der Waals surface area contributed by atoms with Gasteiger partial charge < -0.3 is 20.3 Å². The number of hydrogen-bond acceptors (Lipinski definition) is 7. The van der Waals surface area contributed by atoms with E-state index in [1.54, 1.807) is 25.6 Å². The van der Waals surface area contributed by atoms with Gasteiger partial charge in [-0.2, -0.15) is 0 Å². The molecule has 1 aromatic carbocycles. The van der Waals surface area contributed by atoms with Gasteiger partial charge >= 0.3 is 0 Å². The topological polar surface area (TPSA) is 92.3 Å². The molecule has 0 spiro atoms. The summed E-state index contributed by atoms with van der Waals surface area (Å²) in [6, 6.07) is 9.71. The van der Waals surface area contributed by atoms with Gasteiger partial charge in [-0.25, -0.2) is 9.97 Å². The van der Waals surface area contributed by atoms with Gasteiger partial charge in [-0.1, -0.05) is 17.7 Å². The van der Waals surface area contributed by atoms with Gasteiger partial charge in [0, 0.05) is 45.0 Å². The van der Waals surface area contributed by atoms with E-state index in [4.69, 9.17) is 4.74 Å². The Morgan fingerprint density at radius 3 is 2.48 bits per heavy atom. The van der Waals surface area contributed by atoms with Crippen LogP contribution in [0, 0.1) is 6.92 Å². The van der Waals surface area contributed by atoms with Gasteiger partial charge in [0.1, 0.15) is 0 Å². The molecule has 0 aliphatic heterocycles. The lowest BCUT2D eigenvalue weighted by Crippen LogP contribution is -2.24. The number of ether oxygens (including phenoxy) is 1. The standard InChI is InChI=1S/C21H24N6O2/c1-15-4-6-17(7-5-15)25-19-14-22-9-8-18(19)26-20(28)16-12-23-21(24-13-16)27(2)10-11-29-3/h4-9,12-14,25H,10-11H2,1-3H3,(H,22,26,28). The maximum absolute atomic E-state index is 12.6. The van der Waals surface area contributed by atoms with Gasteiger partial charge in [0.05, 0.1) is 29.7 Å². The van der Waals surface area contributed by atoms with Crippen molar-refractivity contribution < 1.29 is 9.53 Å². The Bertz CT molecular complexity index is 944. The predicted molar refractivity (Wildman–Crippen MR) is 114 cm³/mol. The molecule has 2 N–H and O–H groups in total. The van der Waals surface area contributed by atoms with E-state index in [9.17, 15) is 4.79 Å². The van der Waals surface area contributed by atoms with Gasteiger partial charge in [0.15, 0.2) is 0 Å². The predicted octanol–water partition coefficient (Wildman–Crippen LogP) is 3.26. The van der Waals surface area contributed by atoms with Crippen LogP contribution in [-0.2, 0) is 4.74 Å². The zero-order valence-electron chi connectivity index (χ0n) is 16.7. The van der Waals surface area contributed by atoms with Crippen molar-refractivity contribution in [3.05, 3.63) is 66.2 Å². The Morgan fingerprint density at radius 2 is 1.79 bits per heavy atom. The summed E-state index contributed by atoms with van der Waals surface area (Å²) in [6.07, 6.45) is 6.31. The van der Waals surface area contributed by atoms with E-state index in [1.165, 1.54) is 18.0 Å². The van der Waals surface area contributed by atoms with Crippen molar-refractivity contribution in [2.24, 2.45) is 0 Å². The van der Waals surface area contributed by atoms with Crippen molar-refractivity contribution >= 4 is 28.9 Å². The second-order valence-electron chi connectivity index (χ2n) is 6.55. The molecule has 0 atom stereocenters. The number of rotatable bonds is 8. The fourth-order valence-electron chi connectivity index (χ4n) is 2.55. The number of carbonyl (C=O) groups is 1. The second-order valence-corrected chi connectivity index (χ2v) is 6.55. The van der Waals surface area contributed by atoms with Gasteiger partial charge in [0.25, 0.3) is 5.91 Å². The summed E-state index contributed by atoms with van der Waals surface area (Å²) in [5, 5.41) is 6.16. The van der Waals surface area contributed by atoms with E-state index >= 15 is 0 Å². The van der Waals surface area contributed by atoms with Gasteiger partial charge in [-0.15, -0.1) is 0 Å². The summed E-state index contributed by atoms with van der Waals surface area (Å²) >= 11 is 0. The molecule has 0 saturated heterocycles. The van der Waals surface area contributed by atoms with Crippen molar-refractivity contribution in [3.8, 4) is 0 Å². The Kier molecular flexibility index (Phi) is 6.70. The number of aryl methyl sites for hydroxylation is 1. The molecule has 3 aromatic rings. The van der Waals surface area contributed by atoms with Crippen molar-refractivity contribution in [1.29, 1.82) is 0 Å². The first-order valence-corrected chi connectivity index (χ1v) is 9.18. The third-order valence-corrected chi connectivity index (χ3v) is 4.27. The summed E-state index contributed by atoms with van der Waals surface area (Å²) in [4.78, 5) is 27.2. The molecule has 8 nitrogen and oxygen atoms in total. The number of nitrogens with zero attached hydrogens (tertiary/aromatic N) is 4. The number of amides is 1. The maximum atomic E-state index is 12.6. The van der Waals surface area contributed by atoms with E-state index in [-0.39, 0.29) is 5.91 Å². The highest BCUT2D eigenvalue weighted by Crippen LogP contribution is 2.25. The number of likely N-dealkylation sites (N-methyl/N-ethyl adjacent to an activating group) is 1. The Labute approximate surface area is 170 Å². The summed E-state index contributed by atoms with van der Waals surface area (Å²) in [7, 11) is 3.51. The Hall–Kier alpha value is -3.52. The first-order chi connectivity index (χ1) is 14.1. The number of hydrogen-bond donors (Lipinski definition) is 2. The van der Waals surface area contributed by atoms with Gasteiger partial charge in [0.2, 0.25) is 5.95 Å². The van der Waals surface area contributed by atoms with Crippen LogP contribution in [0.1, 0.15) is 15.9 Å². The average Bonchev–Trinajstić information content (AvgIpc) is 2.75. The number of anilines is 4. The van der Waals surface area contributed by atoms with E-state index in [2.05, 4.69) is 25.6 Å². The molecule has 0 bridgehead atoms. The van der Waals surface area contributed by atoms with Crippen molar-refractivity contribution in [2.75, 3.05) is 42.8 Å². The minimum atomic E-state index is -0.297. The monoisotopic (exact) mass is 392 g/mol. The molecule has 0 radical (unpaired) electrons. The number of pyridine rings is 1. The molecule has 29 heavy (non-hydrogen) atoms. The molecule has 2 heterocycles. The number of methoxy groups -OCH3 is 1. The number of nitrogens with one attached hydrogen (secondary N) is 2. The summed E-state index contributed by atoms with van der Waals surface area (Å²) in [6.45, 7) is 3.26. The molecule has 2 aromatic heterocycles. The SMILES string of the molecule is COCCN(C)c1ncc(C(=O)Nc2ccncc2Nc2ccc(C)cc2)cn1. The number of benzene rings is 1. The first kappa shape index (κ1) is 20.2. The van der Waals surface area contributed by atoms with Crippen molar-refractivity contribution in [1.82, 2.24) is 15.0 Å². The third kappa shape index (κ3) is 5.49. The molecule has 0 unspecified atom stereocenters. The van der Waals surface area contributed by atoms with Crippen molar-refractivity contribution in [3.63, 3.8) is 0 Å². The number of aromatic nitrogens is 3. The van der Waals surface area contributed by atoms with Gasteiger partial charge in [-0.05, 0) is 25.1 Å². The van der Waals surface area contributed by atoms with Crippen LogP contribution >= 0.6 is 0 Å². The van der Waals surface area contributed by atoms with Crippen LogP contribution in [0.15, 0.2) is 55.1 Å². The molecule has 8 heteroatoms. The molecule has 1 amide bonds. The highest BCUT2D eigenvalue weighted by molar-refractivity contribution is 6.05. The van der Waals surface area contributed by atoms with Crippen LogP contribution in [0.5, 0.6) is 0 Å². The number of carbonyl (C=O) groups excluding carboxylic acids is 1. The van der Waals surface area contributed by atoms with Crippen LogP contribution in [0.2, 0.25) is 0 Å². The van der Waals surface area contributed by atoms with Crippen LogP contribution in [0.4, 0.5) is 23.0 Å². The minimum absolute atomic E-state index is 0.297. The fourth-order valence-corrected chi connectivity index (χ4v) is 2.55. The van der Waals surface area contributed by atoms with E-state index in [1.807, 2.05) is 43.1 Å². The van der Waals surface area contributed by atoms with E-state index < -0.39 is 0 Å². The summed E-state index contributed by atoms with van der Waals surface area (Å²) in [5.41, 5.74) is 3.76. The second kappa shape index (κ2) is 9.61. The summed E-state index contributed by atoms with van der Waals surface area (Å²) in [5.74, 6) is 0.235. The zero-order chi connectivity index (χ0) is 20.6. The molecular formula is C21H24N6O2. The minimum Gasteiger partial charge on any atom is -0.383 e.